The van der Waals surface area contributed by atoms with Crippen LogP contribution in [-0.2, 0) is 12.8 Å². The van der Waals surface area contributed by atoms with Crippen LogP contribution in [0, 0.1) is 6.92 Å². The minimum absolute atomic E-state index is 0.192. The van der Waals surface area contributed by atoms with E-state index in [-0.39, 0.29) is 5.54 Å². The van der Waals surface area contributed by atoms with Crippen LogP contribution in [0.2, 0.25) is 0 Å². The topological polar surface area (TPSA) is 38.9 Å². The monoisotopic (exact) mass is 242 g/mol. The molecule has 0 unspecified atom stereocenters. The van der Waals surface area contributed by atoms with Crippen molar-refractivity contribution in [2.75, 3.05) is 0 Å². The van der Waals surface area contributed by atoms with Crippen LogP contribution in [0.3, 0.4) is 0 Å². The van der Waals surface area contributed by atoms with E-state index in [1.165, 1.54) is 16.5 Å². The minimum Gasteiger partial charge on any atom is -0.325 e. The fourth-order valence-electron chi connectivity index (χ4n) is 2.44. The number of hydrogen-bond donors (Lipinski definition) is 1. The highest BCUT2D eigenvalue weighted by Gasteiger charge is 2.15. The van der Waals surface area contributed by atoms with Crippen LogP contribution in [0.15, 0.2) is 24.3 Å². The van der Waals surface area contributed by atoms with Crippen molar-refractivity contribution in [1.29, 1.82) is 0 Å². The molecule has 1 heterocycles. The van der Waals surface area contributed by atoms with Crippen molar-refractivity contribution >= 4 is 10.9 Å². The van der Waals surface area contributed by atoms with E-state index in [9.17, 15) is 0 Å². The standard InChI is InChI=1S/C16H22N2/c1-5-12-7-6-8-14-13(10-16(3,4)17)9-11(2)18-15(12)14/h6-9H,5,10,17H2,1-4H3. The maximum absolute atomic E-state index is 6.16. The highest BCUT2D eigenvalue weighted by molar-refractivity contribution is 5.85. The van der Waals surface area contributed by atoms with Gasteiger partial charge in [-0.3, -0.25) is 4.98 Å². The Kier molecular flexibility index (Phi) is 3.40. The fraction of sp³-hybridized carbons (Fsp3) is 0.438. The molecule has 0 fully saturated rings. The van der Waals surface area contributed by atoms with Gasteiger partial charge in [0.25, 0.3) is 0 Å². The molecule has 0 radical (unpaired) electrons. The van der Waals surface area contributed by atoms with Crippen molar-refractivity contribution in [3.8, 4) is 0 Å². The Morgan fingerprint density at radius 1 is 1.22 bits per heavy atom. The number of fused-ring (bicyclic) bond motifs is 1. The van der Waals surface area contributed by atoms with Crippen LogP contribution in [0.25, 0.3) is 10.9 Å². The first-order chi connectivity index (χ1) is 8.40. The largest absolute Gasteiger partial charge is 0.325 e. The molecule has 2 nitrogen and oxygen atoms in total. The van der Waals surface area contributed by atoms with E-state index >= 15 is 0 Å². The third kappa shape index (κ3) is 2.70. The Balaban J connectivity index is 2.66. The number of nitrogens with two attached hydrogens (primary N) is 1. The predicted molar refractivity (Wildman–Crippen MR) is 77.8 cm³/mol. The highest BCUT2D eigenvalue weighted by atomic mass is 14.7. The molecule has 18 heavy (non-hydrogen) atoms. The second kappa shape index (κ2) is 4.69. The average molecular weight is 242 g/mol. The third-order valence-corrected chi connectivity index (χ3v) is 3.16. The van der Waals surface area contributed by atoms with E-state index in [1.54, 1.807) is 0 Å². The first-order valence-corrected chi connectivity index (χ1v) is 6.58. The summed E-state index contributed by atoms with van der Waals surface area (Å²) in [6.07, 6.45) is 1.89. The zero-order valence-electron chi connectivity index (χ0n) is 11.7. The lowest BCUT2D eigenvalue weighted by molar-refractivity contribution is 0.518. The van der Waals surface area contributed by atoms with Crippen LogP contribution in [0.4, 0.5) is 0 Å². The van der Waals surface area contributed by atoms with Gasteiger partial charge in [-0.15, -0.1) is 0 Å². The molecule has 2 heteroatoms. The van der Waals surface area contributed by atoms with Crippen molar-refractivity contribution in [3.05, 3.63) is 41.1 Å². The summed E-state index contributed by atoms with van der Waals surface area (Å²) < 4.78 is 0. The van der Waals surface area contributed by atoms with Gasteiger partial charge in [0.1, 0.15) is 0 Å². The summed E-state index contributed by atoms with van der Waals surface area (Å²) in [6.45, 7) is 8.36. The van der Waals surface area contributed by atoms with Crippen LogP contribution in [0.5, 0.6) is 0 Å². The fourth-order valence-corrected chi connectivity index (χ4v) is 2.44. The van der Waals surface area contributed by atoms with Crippen molar-refractivity contribution in [3.63, 3.8) is 0 Å². The van der Waals surface area contributed by atoms with Gasteiger partial charge in [-0.2, -0.15) is 0 Å². The van der Waals surface area contributed by atoms with Gasteiger partial charge in [-0.25, -0.2) is 0 Å². The van der Waals surface area contributed by atoms with Gasteiger partial charge in [0.15, 0.2) is 0 Å². The van der Waals surface area contributed by atoms with Crippen molar-refractivity contribution in [2.24, 2.45) is 5.73 Å². The molecule has 0 bridgehead atoms. The Morgan fingerprint density at radius 2 is 1.94 bits per heavy atom. The summed E-state index contributed by atoms with van der Waals surface area (Å²) in [6, 6.07) is 8.59. The second-order valence-corrected chi connectivity index (χ2v) is 5.75. The SMILES string of the molecule is CCc1cccc2c(CC(C)(C)N)cc(C)nc12. The molecule has 0 aliphatic rings. The van der Waals surface area contributed by atoms with Gasteiger partial charge in [0.05, 0.1) is 5.52 Å². The van der Waals surface area contributed by atoms with Crippen molar-refractivity contribution in [1.82, 2.24) is 4.98 Å². The molecule has 1 aromatic carbocycles. The molecular weight excluding hydrogens is 220 g/mol. The molecule has 2 N–H and O–H groups in total. The number of aryl methyl sites for hydroxylation is 2. The summed E-state index contributed by atoms with van der Waals surface area (Å²) in [5.74, 6) is 0. The van der Waals surface area contributed by atoms with Crippen LogP contribution in [0.1, 0.15) is 37.6 Å². The van der Waals surface area contributed by atoms with Crippen LogP contribution < -0.4 is 5.73 Å². The highest BCUT2D eigenvalue weighted by Crippen LogP contribution is 2.24. The van der Waals surface area contributed by atoms with Gasteiger partial charge >= 0.3 is 0 Å². The second-order valence-electron chi connectivity index (χ2n) is 5.75. The third-order valence-electron chi connectivity index (χ3n) is 3.16. The van der Waals surface area contributed by atoms with Crippen LogP contribution in [-0.4, -0.2) is 10.5 Å². The normalized spacial score (nSPS) is 12.1. The molecule has 0 aliphatic heterocycles. The van der Waals surface area contributed by atoms with E-state index in [0.29, 0.717) is 0 Å². The first kappa shape index (κ1) is 13.0. The molecule has 2 aromatic rings. The van der Waals surface area contributed by atoms with E-state index in [1.807, 2.05) is 0 Å². The lowest BCUT2D eigenvalue weighted by Crippen LogP contribution is -2.34. The summed E-state index contributed by atoms with van der Waals surface area (Å²) >= 11 is 0. The van der Waals surface area contributed by atoms with Gasteiger partial charge in [0, 0.05) is 16.6 Å². The Bertz CT molecular complexity index is 565. The number of rotatable bonds is 3. The van der Waals surface area contributed by atoms with Crippen molar-refractivity contribution in [2.45, 2.75) is 46.1 Å². The van der Waals surface area contributed by atoms with Crippen LogP contribution >= 0.6 is 0 Å². The molecule has 0 saturated carbocycles. The average Bonchev–Trinajstić information content (AvgIpc) is 2.26. The zero-order chi connectivity index (χ0) is 13.3. The maximum Gasteiger partial charge on any atom is 0.0739 e. The van der Waals surface area contributed by atoms with E-state index in [0.717, 1.165) is 24.1 Å². The quantitative estimate of drug-likeness (QED) is 0.896. The maximum atomic E-state index is 6.16. The molecule has 1 aromatic heterocycles. The van der Waals surface area contributed by atoms with Gasteiger partial charge in [-0.05, 0) is 50.8 Å². The molecule has 96 valence electrons. The predicted octanol–water partition coefficient (Wildman–Crippen LogP) is 3.39. The Labute approximate surface area is 109 Å². The van der Waals surface area contributed by atoms with E-state index < -0.39 is 0 Å². The molecule has 0 atom stereocenters. The number of hydrogen-bond acceptors (Lipinski definition) is 2. The zero-order valence-corrected chi connectivity index (χ0v) is 11.7. The lowest BCUT2D eigenvalue weighted by atomic mass is 9.92. The Morgan fingerprint density at radius 3 is 2.56 bits per heavy atom. The number of nitrogens with zero attached hydrogens (tertiary/aromatic N) is 1. The summed E-state index contributed by atoms with van der Waals surface area (Å²) in [7, 11) is 0. The summed E-state index contributed by atoms with van der Waals surface area (Å²) in [4.78, 5) is 4.70. The molecular formula is C16H22N2. The van der Waals surface area contributed by atoms with Gasteiger partial charge in [-0.1, -0.05) is 25.1 Å². The van der Waals surface area contributed by atoms with E-state index in [4.69, 9.17) is 10.7 Å². The number of aromatic nitrogens is 1. The van der Waals surface area contributed by atoms with Gasteiger partial charge in [0.2, 0.25) is 0 Å². The molecule has 0 aliphatic carbocycles. The Hall–Kier alpha value is -1.41. The van der Waals surface area contributed by atoms with Gasteiger partial charge < -0.3 is 5.73 Å². The smallest absolute Gasteiger partial charge is 0.0739 e. The first-order valence-electron chi connectivity index (χ1n) is 6.58. The lowest BCUT2D eigenvalue weighted by Gasteiger charge is -2.20. The van der Waals surface area contributed by atoms with Crippen molar-refractivity contribution < 1.29 is 0 Å². The van der Waals surface area contributed by atoms with E-state index in [2.05, 4.69) is 52.0 Å². The molecule has 0 saturated heterocycles. The molecule has 2 rings (SSSR count). The number of benzene rings is 1. The number of pyridine rings is 1. The minimum atomic E-state index is -0.192. The molecule has 0 spiro atoms. The molecule has 0 amide bonds. The number of para-hydroxylation sites is 1. The summed E-state index contributed by atoms with van der Waals surface area (Å²) in [5.41, 5.74) is 10.8. The summed E-state index contributed by atoms with van der Waals surface area (Å²) in [5, 5.41) is 1.25.